The Morgan fingerprint density at radius 2 is 1.68 bits per heavy atom. The van der Waals surface area contributed by atoms with Crippen molar-refractivity contribution in [3.8, 4) is 5.75 Å². The molecule has 0 aromatic heterocycles. The molecule has 2 rings (SSSR count). The maximum Gasteiger partial charge on any atom is 0.355 e. The van der Waals surface area contributed by atoms with Gasteiger partial charge in [-0.1, -0.05) is 42.5 Å². The Hall–Kier alpha value is -3.61. The van der Waals surface area contributed by atoms with Gasteiger partial charge >= 0.3 is 5.97 Å². The molecule has 0 fully saturated rings. The monoisotopic (exact) mass is 382 g/mol. The maximum atomic E-state index is 12.2. The minimum absolute atomic E-state index is 0.0401. The second-order valence-electron chi connectivity index (χ2n) is 5.85. The van der Waals surface area contributed by atoms with Gasteiger partial charge in [-0.05, 0) is 29.3 Å². The third-order valence-electron chi connectivity index (χ3n) is 3.62. The highest BCUT2D eigenvalue weighted by Gasteiger charge is 2.14. The quantitative estimate of drug-likeness (QED) is 0.538. The molecular weight excluding hydrogens is 360 g/mol. The second-order valence-corrected chi connectivity index (χ2v) is 5.85. The highest BCUT2D eigenvalue weighted by atomic mass is 16.5. The van der Waals surface area contributed by atoms with E-state index in [1.165, 1.54) is 13.0 Å². The summed E-state index contributed by atoms with van der Waals surface area (Å²) in [6, 6.07) is 16.2. The van der Waals surface area contributed by atoms with Gasteiger partial charge in [-0.3, -0.25) is 9.59 Å². The largest absolute Gasteiger partial charge is 0.497 e. The second kappa shape index (κ2) is 10.5. The molecule has 0 saturated carbocycles. The molecule has 0 spiro atoms. The number of nitrogens with one attached hydrogen (secondary N) is 2. The zero-order chi connectivity index (χ0) is 20.4. The highest BCUT2D eigenvalue weighted by Crippen LogP contribution is 2.11. The fourth-order valence-corrected chi connectivity index (χ4v) is 2.26. The molecule has 0 radical (unpaired) electrons. The number of hydrogen-bond donors (Lipinski definition) is 2. The van der Waals surface area contributed by atoms with Gasteiger partial charge in [0.1, 0.15) is 11.4 Å². The van der Waals surface area contributed by atoms with Gasteiger partial charge in [-0.15, -0.1) is 0 Å². The molecule has 7 nitrogen and oxygen atoms in total. The average molecular weight is 382 g/mol. The lowest BCUT2D eigenvalue weighted by Gasteiger charge is -2.10. The number of ether oxygens (including phenoxy) is 2. The summed E-state index contributed by atoms with van der Waals surface area (Å²) in [5.74, 6) is -0.937. The first-order valence-electron chi connectivity index (χ1n) is 8.59. The molecule has 0 aliphatic carbocycles. The van der Waals surface area contributed by atoms with Gasteiger partial charge < -0.3 is 20.1 Å². The number of carbonyl (C=O) groups excluding carboxylic acids is 3. The third-order valence-corrected chi connectivity index (χ3v) is 3.62. The van der Waals surface area contributed by atoms with Crippen LogP contribution in [0.3, 0.4) is 0 Å². The Morgan fingerprint density at radius 1 is 1.00 bits per heavy atom. The Bertz CT molecular complexity index is 845. The van der Waals surface area contributed by atoms with Gasteiger partial charge in [-0.2, -0.15) is 0 Å². The number of methoxy groups -OCH3 is 1. The summed E-state index contributed by atoms with van der Waals surface area (Å²) < 4.78 is 10.1. The fourth-order valence-electron chi connectivity index (χ4n) is 2.26. The van der Waals surface area contributed by atoms with Gasteiger partial charge in [0.15, 0.2) is 6.61 Å². The maximum absolute atomic E-state index is 12.2. The predicted octanol–water partition coefficient (Wildman–Crippen LogP) is 2.03. The smallest absolute Gasteiger partial charge is 0.355 e. The van der Waals surface area contributed by atoms with E-state index < -0.39 is 24.4 Å². The van der Waals surface area contributed by atoms with Gasteiger partial charge in [0.2, 0.25) is 5.91 Å². The lowest BCUT2D eigenvalue weighted by molar-refractivity contribution is -0.145. The van der Waals surface area contributed by atoms with Crippen LogP contribution >= 0.6 is 0 Å². The van der Waals surface area contributed by atoms with Crippen molar-refractivity contribution >= 4 is 23.9 Å². The first-order valence-corrected chi connectivity index (χ1v) is 8.59. The summed E-state index contributed by atoms with van der Waals surface area (Å²) in [7, 11) is 1.58. The molecule has 0 saturated heterocycles. The van der Waals surface area contributed by atoms with E-state index in [9.17, 15) is 14.4 Å². The van der Waals surface area contributed by atoms with Gasteiger partial charge in [0.25, 0.3) is 5.91 Å². The number of amides is 2. The van der Waals surface area contributed by atoms with Crippen molar-refractivity contribution in [1.29, 1.82) is 0 Å². The summed E-state index contributed by atoms with van der Waals surface area (Å²) in [6.07, 6.45) is 1.49. The van der Waals surface area contributed by atoms with Crippen molar-refractivity contribution in [3.63, 3.8) is 0 Å². The molecule has 0 bridgehead atoms. The van der Waals surface area contributed by atoms with Crippen LogP contribution in [0.25, 0.3) is 6.08 Å². The van der Waals surface area contributed by atoms with Crippen LogP contribution in [0.2, 0.25) is 0 Å². The molecule has 2 aromatic carbocycles. The van der Waals surface area contributed by atoms with Crippen LogP contribution < -0.4 is 15.4 Å². The van der Waals surface area contributed by atoms with Crippen LogP contribution in [-0.4, -0.2) is 31.5 Å². The molecular formula is C21H22N2O5. The lowest BCUT2D eigenvalue weighted by atomic mass is 10.2. The van der Waals surface area contributed by atoms with E-state index >= 15 is 0 Å². The van der Waals surface area contributed by atoms with Crippen molar-refractivity contribution in [1.82, 2.24) is 10.6 Å². The Labute approximate surface area is 163 Å². The Morgan fingerprint density at radius 3 is 2.29 bits per heavy atom. The molecule has 0 aliphatic rings. The van der Waals surface area contributed by atoms with Crippen molar-refractivity contribution in [3.05, 3.63) is 71.4 Å². The molecule has 0 unspecified atom stereocenters. The van der Waals surface area contributed by atoms with Crippen molar-refractivity contribution in [2.24, 2.45) is 0 Å². The Kier molecular flexibility index (Phi) is 7.77. The first kappa shape index (κ1) is 20.7. The predicted molar refractivity (Wildman–Crippen MR) is 104 cm³/mol. The third kappa shape index (κ3) is 6.95. The molecule has 0 heterocycles. The van der Waals surface area contributed by atoms with Crippen molar-refractivity contribution < 1.29 is 23.9 Å². The lowest BCUT2D eigenvalue weighted by Crippen LogP contribution is -2.31. The van der Waals surface area contributed by atoms with Crippen LogP contribution in [0.15, 0.2) is 60.3 Å². The summed E-state index contributed by atoms with van der Waals surface area (Å²) in [5.41, 5.74) is 1.55. The molecule has 146 valence electrons. The van der Waals surface area contributed by atoms with E-state index in [1.807, 2.05) is 18.2 Å². The zero-order valence-corrected chi connectivity index (χ0v) is 15.7. The zero-order valence-electron chi connectivity index (χ0n) is 15.7. The minimum Gasteiger partial charge on any atom is -0.497 e. The summed E-state index contributed by atoms with van der Waals surface area (Å²) in [6.45, 7) is 1.12. The molecule has 2 N–H and O–H groups in total. The van der Waals surface area contributed by atoms with E-state index in [2.05, 4.69) is 10.6 Å². The summed E-state index contributed by atoms with van der Waals surface area (Å²) in [4.78, 5) is 35.5. The van der Waals surface area contributed by atoms with Crippen LogP contribution in [0.4, 0.5) is 0 Å². The standard InChI is InChI=1S/C21H22N2O5/c1-15(24)23-19(12-16-6-4-3-5-7-16)21(26)28-14-20(25)22-13-17-8-10-18(27-2)11-9-17/h3-12H,13-14H2,1-2H3,(H,22,25)(H,23,24)/b19-12+. The number of esters is 1. The van der Waals surface area contributed by atoms with Gasteiger partial charge in [0.05, 0.1) is 7.11 Å². The van der Waals surface area contributed by atoms with Crippen molar-refractivity contribution in [2.45, 2.75) is 13.5 Å². The number of benzene rings is 2. The fraction of sp³-hybridized carbons (Fsp3) is 0.190. The topological polar surface area (TPSA) is 93.7 Å². The van der Waals surface area contributed by atoms with E-state index in [0.717, 1.165) is 11.3 Å². The van der Waals surface area contributed by atoms with E-state index in [4.69, 9.17) is 9.47 Å². The van der Waals surface area contributed by atoms with Crippen LogP contribution in [0.1, 0.15) is 18.1 Å². The summed E-state index contributed by atoms with van der Waals surface area (Å²) in [5, 5.41) is 5.08. The van der Waals surface area contributed by atoms with E-state index in [-0.39, 0.29) is 5.70 Å². The molecule has 2 aromatic rings. The normalized spacial score (nSPS) is 10.7. The number of carbonyl (C=O) groups is 3. The van der Waals surface area contributed by atoms with Gasteiger partial charge in [-0.25, -0.2) is 4.79 Å². The molecule has 2 amide bonds. The molecule has 7 heteroatoms. The van der Waals surface area contributed by atoms with Crippen LogP contribution in [-0.2, 0) is 25.7 Å². The SMILES string of the molecule is COc1ccc(CNC(=O)COC(=O)/C(=C\c2ccccc2)NC(C)=O)cc1. The van der Waals surface area contributed by atoms with Crippen LogP contribution in [0.5, 0.6) is 5.75 Å². The first-order chi connectivity index (χ1) is 13.5. The van der Waals surface area contributed by atoms with E-state index in [0.29, 0.717) is 12.1 Å². The molecule has 28 heavy (non-hydrogen) atoms. The van der Waals surface area contributed by atoms with Crippen LogP contribution in [0, 0.1) is 0 Å². The summed E-state index contributed by atoms with van der Waals surface area (Å²) >= 11 is 0. The van der Waals surface area contributed by atoms with Crippen molar-refractivity contribution in [2.75, 3.05) is 13.7 Å². The number of rotatable bonds is 8. The minimum atomic E-state index is -0.793. The highest BCUT2D eigenvalue weighted by molar-refractivity contribution is 5.98. The molecule has 0 aliphatic heterocycles. The number of hydrogen-bond acceptors (Lipinski definition) is 5. The molecule has 0 atom stereocenters. The van der Waals surface area contributed by atoms with Gasteiger partial charge in [0, 0.05) is 13.5 Å². The average Bonchev–Trinajstić information content (AvgIpc) is 2.70. The van der Waals surface area contributed by atoms with E-state index in [1.54, 1.807) is 43.5 Å². The Balaban J connectivity index is 1.89.